The van der Waals surface area contributed by atoms with Gasteiger partial charge in [0.2, 0.25) is 0 Å². The van der Waals surface area contributed by atoms with Crippen LogP contribution in [0.15, 0.2) is 35.5 Å². The number of halogens is 1. The minimum Gasteiger partial charge on any atom is -0.353 e. The molecule has 1 aliphatic heterocycles. The minimum absolute atomic E-state index is 0.742. The summed E-state index contributed by atoms with van der Waals surface area (Å²) < 4.78 is 2.77. The summed E-state index contributed by atoms with van der Waals surface area (Å²) >= 11 is 3.42. The molecule has 7 heteroatoms. The molecule has 6 nitrogen and oxygen atoms in total. The van der Waals surface area contributed by atoms with E-state index in [1.807, 2.05) is 31.3 Å². The molecule has 0 saturated carbocycles. The van der Waals surface area contributed by atoms with Gasteiger partial charge in [0.1, 0.15) is 0 Å². The second-order valence-electron chi connectivity index (χ2n) is 5.43. The van der Waals surface area contributed by atoms with Gasteiger partial charge in [-0.2, -0.15) is 5.10 Å². The summed E-state index contributed by atoms with van der Waals surface area (Å²) in [5.74, 6) is 1.66. The fraction of sp³-hybridized carbons (Fsp3) is 0.400. The topological polar surface area (TPSA) is 50.1 Å². The first-order valence-corrected chi connectivity index (χ1v) is 8.08. The maximum absolute atomic E-state index is 4.34. The van der Waals surface area contributed by atoms with Crippen LogP contribution in [0.4, 0.5) is 5.82 Å². The molecule has 1 fully saturated rings. The van der Waals surface area contributed by atoms with Crippen molar-refractivity contribution in [3.8, 4) is 5.82 Å². The number of aromatic nitrogens is 4. The molecule has 3 heterocycles. The van der Waals surface area contributed by atoms with E-state index in [4.69, 9.17) is 0 Å². The van der Waals surface area contributed by atoms with Crippen molar-refractivity contribution in [3.63, 3.8) is 0 Å². The van der Waals surface area contributed by atoms with Crippen LogP contribution < -0.4 is 4.90 Å². The fourth-order valence-electron chi connectivity index (χ4n) is 2.53. The van der Waals surface area contributed by atoms with Crippen LogP contribution in [0.1, 0.15) is 5.69 Å². The molecule has 0 atom stereocenters. The van der Waals surface area contributed by atoms with Crippen molar-refractivity contribution >= 4 is 21.7 Å². The van der Waals surface area contributed by atoms with Crippen molar-refractivity contribution in [3.05, 3.63) is 41.2 Å². The van der Waals surface area contributed by atoms with Crippen LogP contribution in [0.2, 0.25) is 0 Å². The van der Waals surface area contributed by atoms with Gasteiger partial charge in [0, 0.05) is 43.4 Å². The molecule has 1 saturated heterocycles. The van der Waals surface area contributed by atoms with Crippen LogP contribution in [-0.4, -0.2) is 57.6 Å². The number of rotatable bonds is 4. The Morgan fingerprint density at radius 3 is 2.36 bits per heavy atom. The van der Waals surface area contributed by atoms with Gasteiger partial charge in [-0.25, -0.2) is 4.68 Å². The van der Waals surface area contributed by atoms with Gasteiger partial charge in [-0.1, -0.05) is 22.5 Å². The maximum Gasteiger partial charge on any atom is 0.175 e. The van der Waals surface area contributed by atoms with E-state index in [1.165, 1.54) is 0 Å². The fourth-order valence-corrected chi connectivity index (χ4v) is 2.88. The Hall–Kier alpha value is -1.73. The van der Waals surface area contributed by atoms with Crippen LogP contribution in [0.25, 0.3) is 5.82 Å². The van der Waals surface area contributed by atoms with Gasteiger partial charge in [0.15, 0.2) is 11.6 Å². The largest absolute Gasteiger partial charge is 0.353 e. The Morgan fingerprint density at radius 2 is 1.82 bits per heavy atom. The Balaban J connectivity index is 1.63. The third-order valence-electron chi connectivity index (χ3n) is 3.68. The lowest BCUT2D eigenvalue weighted by molar-refractivity contribution is 0.282. The summed E-state index contributed by atoms with van der Waals surface area (Å²) in [6.07, 6.45) is 1.89. The molecule has 0 bridgehead atoms. The predicted molar refractivity (Wildman–Crippen MR) is 90.6 cm³/mol. The highest BCUT2D eigenvalue weighted by atomic mass is 79.9. The molecule has 116 valence electrons. The molecule has 0 spiro atoms. The molecule has 0 unspecified atom stereocenters. The summed E-state index contributed by atoms with van der Waals surface area (Å²) in [4.78, 5) is 4.64. The van der Waals surface area contributed by atoms with Crippen molar-refractivity contribution in [2.75, 3.05) is 37.6 Å². The first-order chi connectivity index (χ1) is 10.6. The van der Waals surface area contributed by atoms with Crippen LogP contribution in [0.5, 0.6) is 0 Å². The lowest BCUT2D eigenvalue weighted by atomic mass is 10.3. The van der Waals surface area contributed by atoms with Crippen molar-refractivity contribution in [1.29, 1.82) is 0 Å². The average molecular weight is 363 g/mol. The molecular weight excluding hydrogens is 344 g/mol. The molecule has 0 aromatic carbocycles. The van der Waals surface area contributed by atoms with Crippen molar-refractivity contribution in [1.82, 2.24) is 24.9 Å². The lowest BCUT2D eigenvalue weighted by Crippen LogP contribution is -2.47. The molecule has 0 radical (unpaired) electrons. The smallest absolute Gasteiger partial charge is 0.175 e. The van der Waals surface area contributed by atoms with Gasteiger partial charge >= 0.3 is 0 Å². The normalized spacial score (nSPS) is 16.0. The number of nitrogens with zero attached hydrogens (tertiary/aromatic N) is 6. The molecule has 2 aromatic heterocycles. The van der Waals surface area contributed by atoms with Gasteiger partial charge in [0.25, 0.3) is 0 Å². The number of piperazine rings is 1. The van der Waals surface area contributed by atoms with E-state index in [9.17, 15) is 0 Å². The average Bonchev–Trinajstić information content (AvgIpc) is 2.94. The van der Waals surface area contributed by atoms with Crippen molar-refractivity contribution < 1.29 is 0 Å². The SMILES string of the molecule is C=C(Br)CN1CCN(c2ccc(-n3ccc(C)n3)nn2)CC1. The highest BCUT2D eigenvalue weighted by Crippen LogP contribution is 2.15. The Morgan fingerprint density at radius 1 is 1.14 bits per heavy atom. The molecule has 3 rings (SSSR count). The molecule has 1 aliphatic rings. The Kier molecular flexibility index (Phi) is 4.54. The second kappa shape index (κ2) is 6.58. The zero-order chi connectivity index (χ0) is 15.5. The number of hydrogen-bond acceptors (Lipinski definition) is 5. The molecule has 0 amide bonds. The summed E-state index contributed by atoms with van der Waals surface area (Å²) in [5.41, 5.74) is 0.968. The highest BCUT2D eigenvalue weighted by Gasteiger charge is 2.18. The van der Waals surface area contributed by atoms with Crippen LogP contribution in [0.3, 0.4) is 0 Å². The van der Waals surface area contributed by atoms with Gasteiger partial charge in [0.05, 0.1) is 5.69 Å². The first kappa shape index (κ1) is 15.2. The zero-order valence-electron chi connectivity index (χ0n) is 12.6. The number of anilines is 1. The third kappa shape index (κ3) is 3.53. The van der Waals surface area contributed by atoms with E-state index in [1.54, 1.807) is 4.68 Å². The molecule has 0 N–H and O–H groups in total. The van der Waals surface area contributed by atoms with Gasteiger partial charge in [-0.15, -0.1) is 10.2 Å². The minimum atomic E-state index is 0.742. The number of aryl methyl sites for hydroxylation is 1. The van der Waals surface area contributed by atoms with Gasteiger partial charge < -0.3 is 4.90 Å². The van der Waals surface area contributed by atoms with E-state index >= 15 is 0 Å². The predicted octanol–water partition coefficient (Wildman–Crippen LogP) is 2.00. The summed E-state index contributed by atoms with van der Waals surface area (Å²) in [7, 11) is 0. The summed E-state index contributed by atoms with van der Waals surface area (Å²) in [5, 5.41) is 13.0. The highest BCUT2D eigenvalue weighted by molar-refractivity contribution is 9.11. The van der Waals surface area contributed by atoms with Crippen LogP contribution >= 0.6 is 15.9 Å². The lowest BCUT2D eigenvalue weighted by Gasteiger charge is -2.34. The van der Waals surface area contributed by atoms with E-state index in [2.05, 4.69) is 47.6 Å². The summed E-state index contributed by atoms with van der Waals surface area (Å²) in [6, 6.07) is 5.92. The molecule has 2 aromatic rings. The second-order valence-corrected chi connectivity index (χ2v) is 6.55. The number of hydrogen-bond donors (Lipinski definition) is 0. The van der Waals surface area contributed by atoms with Gasteiger partial charge in [-0.05, 0) is 25.1 Å². The quantitative estimate of drug-likeness (QED) is 0.832. The first-order valence-electron chi connectivity index (χ1n) is 7.29. The van der Waals surface area contributed by atoms with E-state index in [0.717, 1.165) is 54.5 Å². The third-order valence-corrected chi connectivity index (χ3v) is 3.94. The van der Waals surface area contributed by atoms with Crippen LogP contribution in [0, 0.1) is 6.92 Å². The monoisotopic (exact) mass is 362 g/mol. The molecule has 22 heavy (non-hydrogen) atoms. The standard InChI is InChI=1S/C15H19BrN6/c1-12(16)11-20-7-9-21(10-8-20)14-3-4-15(18-17-14)22-6-5-13(2)19-22/h3-6H,1,7-11H2,2H3. The maximum atomic E-state index is 4.34. The molecule has 0 aliphatic carbocycles. The van der Waals surface area contributed by atoms with Crippen molar-refractivity contribution in [2.24, 2.45) is 0 Å². The zero-order valence-corrected chi connectivity index (χ0v) is 14.2. The van der Waals surface area contributed by atoms with E-state index < -0.39 is 0 Å². The Labute approximate surface area is 138 Å². The Bertz CT molecular complexity index is 642. The molecular formula is C15H19BrN6. The van der Waals surface area contributed by atoms with Gasteiger partial charge in [-0.3, -0.25) is 4.90 Å². The van der Waals surface area contributed by atoms with Crippen molar-refractivity contribution in [2.45, 2.75) is 6.92 Å². The van der Waals surface area contributed by atoms with E-state index in [0.29, 0.717) is 0 Å². The van der Waals surface area contributed by atoms with E-state index in [-0.39, 0.29) is 0 Å². The summed E-state index contributed by atoms with van der Waals surface area (Å²) in [6.45, 7) is 10.7. The van der Waals surface area contributed by atoms with Crippen LogP contribution in [-0.2, 0) is 0 Å².